The number of benzene rings is 1. The number of anilines is 1. The summed E-state index contributed by atoms with van der Waals surface area (Å²) in [5, 5.41) is 3.29. The maximum absolute atomic E-state index is 11.3. The molecule has 1 aromatic rings. The third kappa shape index (κ3) is 4.28. The molecule has 1 rings (SSSR count). The number of carbonyl (C=O) groups excluding carboxylic acids is 1. The molecule has 1 atom stereocenters. The lowest BCUT2D eigenvalue weighted by atomic mass is 10.1. The Morgan fingerprint density at radius 2 is 2.17 bits per heavy atom. The summed E-state index contributed by atoms with van der Waals surface area (Å²) in [7, 11) is 1.64. The molecule has 0 aromatic heterocycles. The van der Waals surface area contributed by atoms with Crippen LogP contribution in [0.15, 0.2) is 18.2 Å². The van der Waals surface area contributed by atoms with Crippen LogP contribution in [0.5, 0.6) is 5.75 Å². The van der Waals surface area contributed by atoms with Crippen molar-refractivity contribution in [1.29, 1.82) is 0 Å². The Hall–Kier alpha value is -1.71. The number of esters is 1. The van der Waals surface area contributed by atoms with Gasteiger partial charge in [0.25, 0.3) is 0 Å². The molecule has 100 valence electrons. The van der Waals surface area contributed by atoms with Crippen LogP contribution in [0.2, 0.25) is 0 Å². The highest BCUT2D eigenvalue weighted by Crippen LogP contribution is 2.22. The quantitative estimate of drug-likeness (QED) is 0.790. The van der Waals surface area contributed by atoms with Gasteiger partial charge in [-0.05, 0) is 44.5 Å². The van der Waals surface area contributed by atoms with Gasteiger partial charge in [0.2, 0.25) is 0 Å². The molecule has 0 amide bonds. The van der Waals surface area contributed by atoms with E-state index in [-0.39, 0.29) is 12.0 Å². The number of rotatable bonds is 6. The van der Waals surface area contributed by atoms with Gasteiger partial charge in [-0.3, -0.25) is 4.79 Å². The minimum Gasteiger partial charge on any atom is -0.497 e. The first kappa shape index (κ1) is 14.4. The molecular weight excluding hydrogens is 230 g/mol. The van der Waals surface area contributed by atoms with Gasteiger partial charge >= 0.3 is 5.97 Å². The van der Waals surface area contributed by atoms with E-state index in [0.717, 1.165) is 17.0 Å². The third-order valence-electron chi connectivity index (χ3n) is 2.61. The minimum absolute atomic E-state index is 0.0381. The molecule has 0 aliphatic heterocycles. The summed E-state index contributed by atoms with van der Waals surface area (Å²) >= 11 is 0. The molecule has 0 bridgehead atoms. The van der Waals surface area contributed by atoms with Gasteiger partial charge in [-0.1, -0.05) is 0 Å². The first-order chi connectivity index (χ1) is 8.56. The summed E-state index contributed by atoms with van der Waals surface area (Å²) in [6.45, 7) is 6.19. The summed E-state index contributed by atoms with van der Waals surface area (Å²) in [5.74, 6) is 0.653. The second-order valence-electron chi connectivity index (χ2n) is 4.24. The van der Waals surface area contributed by atoms with E-state index in [9.17, 15) is 4.79 Å². The fraction of sp³-hybridized carbons (Fsp3) is 0.500. The second-order valence-corrected chi connectivity index (χ2v) is 4.24. The number of methoxy groups -OCH3 is 1. The second kappa shape index (κ2) is 6.89. The van der Waals surface area contributed by atoms with Crippen LogP contribution in [0.3, 0.4) is 0 Å². The lowest BCUT2D eigenvalue weighted by molar-refractivity contribution is -0.143. The van der Waals surface area contributed by atoms with Crippen LogP contribution in [0.1, 0.15) is 25.8 Å². The maximum Gasteiger partial charge on any atom is 0.307 e. The summed E-state index contributed by atoms with van der Waals surface area (Å²) < 4.78 is 10.1. The highest BCUT2D eigenvalue weighted by atomic mass is 16.5. The summed E-state index contributed by atoms with van der Waals surface area (Å²) in [6, 6.07) is 5.85. The maximum atomic E-state index is 11.3. The van der Waals surface area contributed by atoms with Crippen molar-refractivity contribution >= 4 is 11.7 Å². The van der Waals surface area contributed by atoms with Gasteiger partial charge in [0.15, 0.2) is 0 Å². The summed E-state index contributed by atoms with van der Waals surface area (Å²) in [5.41, 5.74) is 2.10. The summed E-state index contributed by atoms with van der Waals surface area (Å²) in [4.78, 5) is 11.3. The van der Waals surface area contributed by atoms with E-state index in [0.29, 0.717) is 13.0 Å². The smallest absolute Gasteiger partial charge is 0.307 e. The zero-order valence-corrected chi connectivity index (χ0v) is 11.4. The van der Waals surface area contributed by atoms with E-state index in [1.807, 2.05) is 39.0 Å². The standard InChI is InChI=1S/C14H21NO3/c1-5-18-14(16)9-11(3)15-13-7-6-12(17-4)8-10(13)2/h6-8,11,15H,5,9H2,1-4H3. The average molecular weight is 251 g/mol. The van der Waals surface area contributed by atoms with Crippen LogP contribution >= 0.6 is 0 Å². The monoisotopic (exact) mass is 251 g/mol. The molecule has 0 fully saturated rings. The van der Waals surface area contributed by atoms with Crippen molar-refractivity contribution < 1.29 is 14.3 Å². The Bertz CT molecular complexity index is 404. The van der Waals surface area contributed by atoms with Crippen LogP contribution < -0.4 is 10.1 Å². The topological polar surface area (TPSA) is 47.6 Å². The zero-order chi connectivity index (χ0) is 13.5. The predicted octanol–water partition coefficient (Wildman–Crippen LogP) is 2.76. The summed E-state index contributed by atoms with van der Waals surface area (Å²) in [6.07, 6.45) is 0.360. The number of ether oxygens (including phenoxy) is 2. The van der Waals surface area contributed by atoms with E-state index in [2.05, 4.69) is 5.32 Å². The Morgan fingerprint density at radius 1 is 1.44 bits per heavy atom. The number of carbonyl (C=O) groups is 1. The average Bonchev–Trinajstić information content (AvgIpc) is 2.31. The van der Waals surface area contributed by atoms with Gasteiger partial charge in [-0.25, -0.2) is 0 Å². The number of aryl methyl sites for hydroxylation is 1. The molecule has 4 heteroatoms. The first-order valence-corrected chi connectivity index (χ1v) is 6.13. The van der Waals surface area contributed by atoms with Crippen molar-refractivity contribution in [2.75, 3.05) is 19.0 Å². The normalized spacial score (nSPS) is 11.8. The van der Waals surface area contributed by atoms with Crippen LogP contribution in [0.4, 0.5) is 5.69 Å². The van der Waals surface area contributed by atoms with Gasteiger partial charge in [0, 0.05) is 11.7 Å². The van der Waals surface area contributed by atoms with Crippen molar-refractivity contribution in [3.8, 4) is 5.75 Å². The van der Waals surface area contributed by atoms with Crippen molar-refractivity contribution in [1.82, 2.24) is 0 Å². The molecule has 4 nitrogen and oxygen atoms in total. The van der Waals surface area contributed by atoms with E-state index in [1.165, 1.54) is 0 Å². The van der Waals surface area contributed by atoms with E-state index >= 15 is 0 Å². The largest absolute Gasteiger partial charge is 0.497 e. The van der Waals surface area contributed by atoms with Crippen molar-refractivity contribution in [3.05, 3.63) is 23.8 Å². The Labute approximate surface area is 108 Å². The Balaban J connectivity index is 2.59. The van der Waals surface area contributed by atoms with Crippen LogP contribution in [0.25, 0.3) is 0 Å². The highest BCUT2D eigenvalue weighted by molar-refractivity contribution is 5.70. The van der Waals surface area contributed by atoms with E-state index in [1.54, 1.807) is 7.11 Å². The third-order valence-corrected chi connectivity index (χ3v) is 2.61. The lowest BCUT2D eigenvalue weighted by Gasteiger charge is -2.16. The number of hydrogen-bond acceptors (Lipinski definition) is 4. The highest BCUT2D eigenvalue weighted by Gasteiger charge is 2.10. The van der Waals surface area contributed by atoms with Gasteiger partial charge < -0.3 is 14.8 Å². The van der Waals surface area contributed by atoms with Crippen molar-refractivity contribution in [2.45, 2.75) is 33.2 Å². The predicted molar refractivity (Wildman–Crippen MR) is 72.1 cm³/mol. The van der Waals surface area contributed by atoms with E-state index < -0.39 is 0 Å². The molecule has 0 aliphatic carbocycles. The van der Waals surface area contributed by atoms with Crippen molar-refractivity contribution in [2.24, 2.45) is 0 Å². The molecule has 0 spiro atoms. The Kier molecular flexibility index (Phi) is 5.49. The molecule has 0 aliphatic rings. The molecule has 0 radical (unpaired) electrons. The molecule has 18 heavy (non-hydrogen) atoms. The molecular formula is C14H21NO3. The van der Waals surface area contributed by atoms with Crippen LogP contribution in [-0.2, 0) is 9.53 Å². The number of hydrogen-bond donors (Lipinski definition) is 1. The van der Waals surface area contributed by atoms with Crippen molar-refractivity contribution in [3.63, 3.8) is 0 Å². The van der Waals surface area contributed by atoms with Gasteiger partial charge in [0.1, 0.15) is 5.75 Å². The van der Waals surface area contributed by atoms with Crippen LogP contribution in [-0.4, -0.2) is 25.7 Å². The molecule has 0 saturated heterocycles. The molecule has 1 N–H and O–H groups in total. The fourth-order valence-corrected chi connectivity index (χ4v) is 1.71. The molecule has 1 unspecified atom stereocenters. The van der Waals surface area contributed by atoms with E-state index in [4.69, 9.17) is 9.47 Å². The number of nitrogens with one attached hydrogen (secondary N) is 1. The molecule has 0 saturated carbocycles. The molecule has 0 heterocycles. The minimum atomic E-state index is -0.177. The van der Waals surface area contributed by atoms with Gasteiger partial charge in [-0.2, -0.15) is 0 Å². The Morgan fingerprint density at radius 3 is 2.72 bits per heavy atom. The lowest BCUT2D eigenvalue weighted by Crippen LogP contribution is -2.21. The van der Waals surface area contributed by atoms with Crippen LogP contribution in [0, 0.1) is 6.92 Å². The van der Waals surface area contributed by atoms with Gasteiger partial charge in [-0.15, -0.1) is 0 Å². The fourth-order valence-electron chi connectivity index (χ4n) is 1.71. The SMILES string of the molecule is CCOC(=O)CC(C)Nc1ccc(OC)cc1C. The zero-order valence-electron chi connectivity index (χ0n) is 11.4. The molecule has 1 aromatic carbocycles. The first-order valence-electron chi connectivity index (χ1n) is 6.13. The van der Waals surface area contributed by atoms with Gasteiger partial charge in [0.05, 0.1) is 20.1 Å².